The predicted molar refractivity (Wildman–Crippen MR) is 100 cm³/mol. The number of aryl methyl sites for hydroxylation is 1. The lowest BCUT2D eigenvalue weighted by Gasteiger charge is -2.09. The molecule has 0 saturated heterocycles. The van der Waals surface area contributed by atoms with Crippen LogP contribution in [0, 0.1) is 0 Å². The molecule has 0 radical (unpaired) electrons. The van der Waals surface area contributed by atoms with Crippen molar-refractivity contribution >= 4 is 28.6 Å². The molecule has 0 atom stereocenters. The number of hydrogen-bond donors (Lipinski definition) is 0. The zero-order chi connectivity index (χ0) is 17.8. The number of hydrogen-bond acceptors (Lipinski definition) is 5. The van der Waals surface area contributed by atoms with Crippen LogP contribution in [0.25, 0.3) is 11.0 Å². The zero-order valence-electron chi connectivity index (χ0n) is 14.5. The monoisotopic (exact) mass is 356 g/mol. The summed E-state index contributed by atoms with van der Waals surface area (Å²) < 4.78 is 12.6. The Morgan fingerprint density at radius 2 is 1.88 bits per heavy atom. The highest BCUT2D eigenvalue weighted by molar-refractivity contribution is 7.99. The van der Waals surface area contributed by atoms with Crippen LogP contribution in [0.15, 0.2) is 47.6 Å². The smallest absolute Gasteiger partial charge is 0.173 e. The number of thioether (sulfide) groups is 1. The van der Waals surface area contributed by atoms with Gasteiger partial charge in [0.15, 0.2) is 22.4 Å². The van der Waals surface area contributed by atoms with Crippen LogP contribution in [0.2, 0.25) is 0 Å². The third-order valence-corrected chi connectivity index (χ3v) is 4.95. The maximum absolute atomic E-state index is 12.5. The highest BCUT2D eigenvalue weighted by Crippen LogP contribution is 2.29. The van der Waals surface area contributed by atoms with Gasteiger partial charge in [-0.2, -0.15) is 0 Å². The van der Waals surface area contributed by atoms with E-state index >= 15 is 0 Å². The van der Waals surface area contributed by atoms with Gasteiger partial charge in [0, 0.05) is 12.1 Å². The molecule has 0 aliphatic carbocycles. The second kappa shape index (κ2) is 7.61. The average molecular weight is 356 g/mol. The number of para-hydroxylation sites is 2. The standard InChI is InChI=1S/C19H20N2O3S/c1-4-21-15-8-6-5-7-14(15)20-19(21)25-12-16(22)13-9-10-17(23-2)18(11-13)24-3/h5-11H,4,12H2,1-3H3. The van der Waals surface area contributed by atoms with E-state index in [0.717, 1.165) is 22.7 Å². The van der Waals surface area contributed by atoms with Gasteiger partial charge in [-0.05, 0) is 37.3 Å². The van der Waals surface area contributed by atoms with Gasteiger partial charge in [0.05, 0.1) is 31.0 Å². The summed E-state index contributed by atoms with van der Waals surface area (Å²) in [7, 11) is 3.13. The van der Waals surface area contributed by atoms with Gasteiger partial charge in [0.1, 0.15) is 0 Å². The number of ether oxygens (including phenoxy) is 2. The molecule has 1 heterocycles. The summed E-state index contributed by atoms with van der Waals surface area (Å²) in [6, 6.07) is 13.2. The molecule has 0 aliphatic heterocycles. The van der Waals surface area contributed by atoms with E-state index in [4.69, 9.17) is 9.47 Å². The molecule has 0 aliphatic rings. The van der Waals surface area contributed by atoms with Crippen molar-refractivity contribution in [3.8, 4) is 11.5 Å². The minimum Gasteiger partial charge on any atom is -0.493 e. The van der Waals surface area contributed by atoms with Crippen LogP contribution in [0.4, 0.5) is 0 Å². The Labute approximate surface area is 151 Å². The molecule has 5 nitrogen and oxygen atoms in total. The van der Waals surface area contributed by atoms with Crippen molar-refractivity contribution in [2.45, 2.75) is 18.6 Å². The molecule has 0 saturated carbocycles. The number of methoxy groups -OCH3 is 2. The first kappa shape index (κ1) is 17.4. The van der Waals surface area contributed by atoms with Crippen LogP contribution in [-0.4, -0.2) is 35.3 Å². The third kappa shape index (κ3) is 3.49. The Hall–Kier alpha value is -2.47. The summed E-state index contributed by atoms with van der Waals surface area (Å²) in [5.41, 5.74) is 2.64. The Morgan fingerprint density at radius 3 is 2.60 bits per heavy atom. The molecule has 0 unspecified atom stereocenters. The van der Waals surface area contributed by atoms with Crippen molar-refractivity contribution in [3.05, 3.63) is 48.0 Å². The molecule has 0 amide bonds. The van der Waals surface area contributed by atoms with E-state index in [0.29, 0.717) is 22.8 Å². The molecule has 0 bridgehead atoms. The van der Waals surface area contributed by atoms with Crippen LogP contribution in [0.5, 0.6) is 11.5 Å². The molecule has 1 aromatic heterocycles. The van der Waals surface area contributed by atoms with Gasteiger partial charge in [-0.3, -0.25) is 4.79 Å². The van der Waals surface area contributed by atoms with E-state index in [1.807, 2.05) is 24.3 Å². The summed E-state index contributed by atoms with van der Waals surface area (Å²) in [6.45, 7) is 2.89. The highest BCUT2D eigenvalue weighted by Gasteiger charge is 2.14. The normalized spacial score (nSPS) is 10.8. The van der Waals surface area contributed by atoms with Crippen LogP contribution in [-0.2, 0) is 6.54 Å². The molecular formula is C19H20N2O3S. The van der Waals surface area contributed by atoms with Crippen LogP contribution < -0.4 is 9.47 Å². The Balaban J connectivity index is 1.79. The molecule has 25 heavy (non-hydrogen) atoms. The van der Waals surface area contributed by atoms with E-state index in [-0.39, 0.29) is 5.78 Å². The second-order valence-corrected chi connectivity index (χ2v) is 6.35. The lowest BCUT2D eigenvalue weighted by molar-refractivity contribution is 0.102. The summed E-state index contributed by atoms with van der Waals surface area (Å²) in [5.74, 6) is 1.51. The van der Waals surface area contributed by atoms with Crippen molar-refractivity contribution in [2.24, 2.45) is 0 Å². The first-order valence-electron chi connectivity index (χ1n) is 8.01. The number of aromatic nitrogens is 2. The minimum atomic E-state index is 0.0284. The van der Waals surface area contributed by atoms with Gasteiger partial charge < -0.3 is 14.0 Å². The van der Waals surface area contributed by atoms with Crippen LogP contribution >= 0.6 is 11.8 Å². The Kier molecular flexibility index (Phi) is 5.28. The van der Waals surface area contributed by atoms with Crippen molar-refractivity contribution in [2.75, 3.05) is 20.0 Å². The van der Waals surface area contributed by atoms with Crippen LogP contribution in [0.1, 0.15) is 17.3 Å². The van der Waals surface area contributed by atoms with E-state index in [1.165, 1.54) is 11.8 Å². The Bertz CT molecular complexity index is 905. The van der Waals surface area contributed by atoms with Gasteiger partial charge in [0.2, 0.25) is 0 Å². The second-order valence-electron chi connectivity index (χ2n) is 5.41. The largest absolute Gasteiger partial charge is 0.493 e. The maximum Gasteiger partial charge on any atom is 0.173 e. The first-order chi connectivity index (χ1) is 12.2. The summed E-state index contributed by atoms with van der Waals surface area (Å²) in [4.78, 5) is 17.2. The van der Waals surface area contributed by atoms with Crippen molar-refractivity contribution in [3.63, 3.8) is 0 Å². The van der Waals surface area contributed by atoms with E-state index in [2.05, 4.69) is 16.5 Å². The quantitative estimate of drug-likeness (QED) is 0.472. The fourth-order valence-electron chi connectivity index (χ4n) is 2.69. The first-order valence-corrected chi connectivity index (χ1v) is 8.99. The fourth-order valence-corrected chi connectivity index (χ4v) is 3.67. The number of benzene rings is 2. The average Bonchev–Trinajstić information content (AvgIpc) is 3.02. The molecule has 3 aromatic rings. The van der Waals surface area contributed by atoms with Gasteiger partial charge in [-0.1, -0.05) is 23.9 Å². The summed E-state index contributed by atoms with van der Waals surface area (Å²) in [5, 5.41) is 0.859. The molecule has 0 spiro atoms. The lowest BCUT2D eigenvalue weighted by atomic mass is 10.1. The molecular weight excluding hydrogens is 336 g/mol. The number of imidazole rings is 1. The summed E-state index contributed by atoms with van der Waals surface area (Å²) >= 11 is 1.45. The number of nitrogens with zero attached hydrogens (tertiary/aromatic N) is 2. The number of ketones is 1. The highest BCUT2D eigenvalue weighted by atomic mass is 32.2. The maximum atomic E-state index is 12.5. The zero-order valence-corrected chi connectivity index (χ0v) is 15.3. The molecule has 2 aromatic carbocycles. The summed E-state index contributed by atoms with van der Waals surface area (Å²) in [6.07, 6.45) is 0. The number of rotatable bonds is 7. The van der Waals surface area contributed by atoms with Crippen molar-refractivity contribution in [1.29, 1.82) is 0 Å². The van der Waals surface area contributed by atoms with Crippen molar-refractivity contribution < 1.29 is 14.3 Å². The van der Waals surface area contributed by atoms with Gasteiger partial charge in [-0.15, -0.1) is 0 Å². The topological polar surface area (TPSA) is 53.4 Å². The van der Waals surface area contributed by atoms with Crippen molar-refractivity contribution in [1.82, 2.24) is 9.55 Å². The number of carbonyl (C=O) groups is 1. The molecule has 3 rings (SSSR count). The lowest BCUT2D eigenvalue weighted by Crippen LogP contribution is -2.05. The van der Waals surface area contributed by atoms with Gasteiger partial charge in [-0.25, -0.2) is 4.98 Å². The number of carbonyl (C=O) groups excluding carboxylic acids is 1. The van der Waals surface area contributed by atoms with E-state index in [9.17, 15) is 4.79 Å². The molecule has 6 heteroatoms. The fraction of sp³-hybridized carbons (Fsp3) is 0.263. The SMILES string of the molecule is CCn1c(SCC(=O)c2ccc(OC)c(OC)c2)nc2ccccc21. The number of Topliss-reactive ketones (excluding diaryl/α,β-unsaturated/α-hetero) is 1. The predicted octanol–water partition coefficient (Wildman–Crippen LogP) is 4.05. The van der Waals surface area contributed by atoms with Gasteiger partial charge in [0.25, 0.3) is 0 Å². The van der Waals surface area contributed by atoms with E-state index in [1.54, 1.807) is 32.4 Å². The van der Waals surface area contributed by atoms with Crippen LogP contribution in [0.3, 0.4) is 0 Å². The van der Waals surface area contributed by atoms with Gasteiger partial charge >= 0.3 is 0 Å². The molecule has 130 valence electrons. The number of fused-ring (bicyclic) bond motifs is 1. The van der Waals surface area contributed by atoms with E-state index < -0.39 is 0 Å². The Morgan fingerprint density at radius 1 is 1.12 bits per heavy atom. The minimum absolute atomic E-state index is 0.0284. The third-order valence-electron chi connectivity index (χ3n) is 3.97. The molecule has 0 fully saturated rings. The molecule has 0 N–H and O–H groups in total.